The van der Waals surface area contributed by atoms with Crippen molar-refractivity contribution in [2.24, 2.45) is 5.92 Å². The number of hydrogen-bond acceptors (Lipinski definition) is 5. The maximum absolute atomic E-state index is 13.0. The lowest BCUT2D eigenvalue weighted by Gasteiger charge is -2.37. The molecule has 2 aromatic heterocycles. The molecule has 1 unspecified atom stereocenters. The van der Waals surface area contributed by atoms with Gasteiger partial charge in [-0.1, -0.05) is 6.07 Å². The Morgan fingerprint density at radius 3 is 2.65 bits per heavy atom. The lowest BCUT2D eigenvalue weighted by Crippen LogP contribution is -2.48. The van der Waals surface area contributed by atoms with Crippen molar-refractivity contribution in [1.82, 2.24) is 24.6 Å². The second kappa shape index (κ2) is 7.57. The second-order valence-corrected chi connectivity index (χ2v) is 7.95. The van der Waals surface area contributed by atoms with Crippen LogP contribution in [0, 0.1) is 5.92 Å². The molecule has 0 aromatic carbocycles. The Balaban J connectivity index is 1.34. The van der Waals surface area contributed by atoms with Crippen molar-refractivity contribution in [3.63, 3.8) is 0 Å². The van der Waals surface area contributed by atoms with Gasteiger partial charge in [-0.2, -0.15) is 5.10 Å². The van der Waals surface area contributed by atoms with Crippen LogP contribution in [0.3, 0.4) is 0 Å². The quantitative estimate of drug-likeness (QED) is 0.826. The molecule has 4 heterocycles. The number of nitrogens with zero attached hydrogens (tertiary/aromatic N) is 5. The first-order valence-corrected chi connectivity index (χ1v) is 10.1. The van der Waals surface area contributed by atoms with Gasteiger partial charge in [0.05, 0.1) is 16.8 Å². The number of piperidine rings is 2. The van der Waals surface area contributed by atoms with Crippen LogP contribution in [0.4, 0.5) is 0 Å². The predicted octanol–water partition coefficient (Wildman–Crippen LogP) is 2.06. The van der Waals surface area contributed by atoms with E-state index in [1.165, 1.54) is 11.3 Å². The molecule has 2 fully saturated rings. The first-order chi connectivity index (χ1) is 12.7. The maximum atomic E-state index is 13.0. The smallest absolute Gasteiger partial charge is 0.263 e. The summed E-state index contributed by atoms with van der Waals surface area (Å²) < 4.78 is 1.89. The Morgan fingerprint density at radius 1 is 1.12 bits per heavy atom. The maximum Gasteiger partial charge on any atom is 0.263 e. The standard InChI is InChI=1S/C18H23N5O2S/c24-17(21-8-5-15(6-9-21)23-13-19-12-20-23)14-3-1-7-22(11-14)18(25)16-4-2-10-26-16/h2,4,10,12-15H,1,3,5-9,11H2. The molecule has 0 N–H and O–H groups in total. The Labute approximate surface area is 156 Å². The Hall–Kier alpha value is -2.22. The van der Waals surface area contributed by atoms with Gasteiger partial charge in [0.25, 0.3) is 5.91 Å². The summed E-state index contributed by atoms with van der Waals surface area (Å²) in [6.45, 7) is 2.78. The summed E-state index contributed by atoms with van der Waals surface area (Å²) in [5, 5.41) is 6.13. The van der Waals surface area contributed by atoms with E-state index in [4.69, 9.17) is 0 Å². The van der Waals surface area contributed by atoms with Crippen molar-refractivity contribution in [3.8, 4) is 0 Å². The molecule has 0 bridgehead atoms. The Bertz CT molecular complexity index is 738. The average Bonchev–Trinajstić information content (AvgIpc) is 3.41. The van der Waals surface area contributed by atoms with E-state index in [0.29, 0.717) is 12.6 Å². The predicted molar refractivity (Wildman–Crippen MR) is 97.8 cm³/mol. The van der Waals surface area contributed by atoms with E-state index >= 15 is 0 Å². The van der Waals surface area contributed by atoms with E-state index in [0.717, 1.165) is 50.2 Å². The lowest BCUT2D eigenvalue weighted by atomic mass is 9.94. The molecule has 8 heteroatoms. The molecular weight excluding hydrogens is 350 g/mol. The van der Waals surface area contributed by atoms with Gasteiger partial charge in [0, 0.05) is 26.2 Å². The third-order valence-corrected chi connectivity index (χ3v) is 6.23. The number of aromatic nitrogens is 3. The number of rotatable bonds is 3. The average molecular weight is 373 g/mol. The van der Waals surface area contributed by atoms with Gasteiger partial charge in [-0.25, -0.2) is 9.67 Å². The fourth-order valence-electron chi connectivity index (χ4n) is 3.93. The van der Waals surface area contributed by atoms with E-state index in [-0.39, 0.29) is 17.7 Å². The van der Waals surface area contributed by atoms with Crippen molar-refractivity contribution in [1.29, 1.82) is 0 Å². The molecule has 2 aliphatic heterocycles. The third kappa shape index (κ3) is 3.51. The minimum atomic E-state index is -0.0735. The summed E-state index contributed by atoms with van der Waals surface area (Å²) in [4.78, 5) is 34.1. The third-order valence-electron chi connectivity index (χ3n) is 5.38. The summed E-state index contributed by atoms with van der Waals surface area (Å²) in [7, 11) is 0. The highest BCUT2D eigenvalue weighted by atomic mass is 32.1. The van der Waals surface area contributed by atoms with Gasteiger partial charge in [0.1, 0.15) is 12.7 Å². The van der Waals surface area contributed by atoms with Crippen molar-refractivity contribution in [2.45, 2.75) is 31.7 Å². The van der Waals surface area contributed by atoms with Gasteiger partial charge in [0.2, 0.25) is 5.91 Å². The SMILES string of the molecule is O=C(c1cccs1)N1CCCC(C(=O)N2CCC(n3cncn3)CC2)C1. The first kappa shape index (κ1) is 17.2. The van der Waals surface area contributed by atoms with Gasteiger partial charge in [-0.05, 0) is 37.1 Å². The van der Waals surface area contributed by atoms with Gasteiger partial charge in [-0.15, -0.1) is 11.3 Å². The normalized spacial score (nSPS) is 21.8. The molecule has 4 rings (SSSR count). The highest BCUT2D eigenvalue weighted by Gasteiger charge is 2.33. The van der Waals surface area contributed by atoms with Crippen LogP contribution >= 0.6 is 11.3 Å². The van der Waals surface area contributed by atoms with E-state index < -0.39 is 0 Å². The first-order valence-electron chi connectivity index (χ1n) is 9.18. The second-order valence-electron chi connectivity index (χ2n) is 7.00. The van der Waals surface area contributed by atoms with Crippen molar-refractivity contribution in [2.75, 3.05) is 26.2 Å². The van der Waals surface area contributed by atoms with Crippen molar-refractivity contribution >= 4 is 23.2 Å². The highest BCUT2D eigenvalue weighted by molar-refractivity contribution is 7.12. The highest BCUT2D eigenvalue weighted by Crippen LogP contribution is 2.26. The van der Waals surface area contributed by atoms with Crippen LogP contribution in [0.5, 0.6) is 0 Å². The number of thiophene rings is 1. The van der Waals surface area contributed by atoms with Gasteiger partial charge < -0.3 is 9.80 Å². The molecule has 2 aromatic rings. The Morgan fingerprint density at radius 2 is 1.96 bits per heavy atom. The molecule has 0 saturated carbocycles. The van der Waals surface area contributed by atoms with Crippen molar-refractivity contribution in [3.05, 3.63) is 35.0 Å². The monoisotopic (exact) mass is 373 g/mol. The molecule has 0 aliphatic carbocycles. The summed E-state index contributed by atoms with van der Waals surface area (Å²) in [6.07, 6.45) is 6.87. The lowest BCUT2D eigenvalue weighted by molar-refractivity contribution is -0.138. The topological polar surface area (TPSA) is 71.3 Å². The minimum absolute atomic E-state index is 0.0578. The summed E-state index contributed by atoms with van der Waals surface area (Å²) in [5.74, 6) is 0.184. The molecule has 7 nitrogen and oxygen atoms in total. The van der Waals surface area contributed by atoms with Crippen LogP contribution in [-0.2, 0) is 4.79 Å². The van der Waals surface area contributed by atoms with Crippen LogP contribution in [0.2, 0.25) is 0 Å². The summed E-state index contributed by atoms with van der Waals surface area (Å²) in [6, 6.07) is 4.07. The van der Waals surface area contributed by atoms with Crippen LogP contribution in [0.15, 0.2) is 30.2 Å². The zero-order valence-electron chi connectivity index (χ0n) is 14.7. The number of carbonyl (C=O) groups is 2. The molecule has 0 spiro atoms. The molecular formula is C18H23N5O2S. The van der Waals surface area contributed by atoms with Crippen LogP contribution in [0.25, 0.3) is 0 Å². The molecule has 26 heavy (non-hydrogen) atoms. The number of carbonyl (C=O) groups excluding carboxylic acids is 2. The van der Waals surface area contributed by atoms with Crippen LogP contribution in [0.1, 0.15) is 41.4 Å². The molecule has 2 aliphatic rings. The number of amides is 2. The fraction of sp³-hybridized carbons (Fsp3) is 0.556. The van der Waals surface area contributed by atoms with E-state index in [1.54, 1.807) is 12.7 Å². The molecule has 1 atom stereocenters. The van der Waals surface area contributed by atoms with Gasteiger partial charge in [0.15, 0.2) is 0 Å². The molecule has 2 amide bonds. The van der Waals surface area contributed by atoms with Gasteiger partial charge in [-0.3, -0.25) is 9.59 Å². The molecule has 2 saturated heterocycles. The summed E-state index contributed by atoms with van der Waals surface area (Å²) in [5.41, 5.74) is 0. The van der Waals surface area contributed by atoms with E-state index in [2.05, 4.69) is 10.1 Å². The molecule has 0 radical (unpaired) electrons. The fourth-order valence-corrected chi connectivity index (χ4v) is 4.62. The number of likely N-dealkylation sites (tertiary alicyclic amines) is 2. The summed E-state index contributed by atoms with van der Waals surface area (Å²) >= 11 is 1.46. The van der Waals surface area contributed by atoms with Crippen molar-refractivity contribution < 1.29 is 9.59 Å². The zero-order valence-corrected chi connectivity index (χ0v) is 15.5. The van der Waals surface area contributed by atoms with Gasteiger partial charge >= 0.3 is 0 Å². The van der Waals surface area contributed by atoms with Crippen LogP contribution < -0.4 is 0 Å². The minimum Gasteiger partial charge on any atom is -0.342 e. The van der Waals surface area contributed by atoms with Crippen LogP contribution in [-0.4, -0.2) is 62.6 Å². The molecule has 138 valence electrons. The zero-order chi connectivity index (χ0) is 17.9. The largest absolute Gasteiger partial charge is 0.342 e. The van der Waals surface area contributed by atoms with E-state index in [1.807, 2.05) is 32.0 Å². The van der Waals surface area contributed by atoms with E-state index in [9.17, 15) is 9.59 Å². The Kier molecular flexibility index (Phi) is 5.01. The number of hydrogen-bond donors (Lipinski definition) is 0.